The van der Waals surface area contributed by atoms with Crippen LogP contribution in [0.2, 0.25) is 0 Å². The normalized spacial score (nSPS) is 20.8. The number of hydrogen-bond acceptors (Lipinski definition) is 3. The van der Waals surface area contributed by atoms with Crippen LogP contribution < -0.4 is 10.1 Å². The molecular weight excluding hydrogens is 236 g/mol. The molecule has 1 aliphatic rings. The van der Waals surface area contributed by atoms with Gasteiger partial charge in [0.05, 0.1) is 7.11 Å². The number of nitrogens with one attached hydrogen (secondary N) is 1. The standard InChI is InChI=1S/C16H26N2O/c1-11(2)13-9-14(12(3)8-16(13)19-5)15-10-18(4)7-6-17-15/h8-9,11,15,17H,6-7,10H2,1-5H3. The Kier molecular flexibility index (Phi) is 4.48. The number of aryl methyl sites for hydroxylation is 1. The Labute approximate surface area is 116 Å². The van der Waals surface area contributed by atoms with Crippen molar-refractivity contribution in [3.8, 4) is 5.75 Å². The van der Waals surface area contributed by atoms with Gasteiger partial charge in [0.2, 0.25) is 0 Å². The van der Waals surface area contributed by atoms with Gasteiger partial charge in [0, 0.05) is 25.7 Å². The first-order valence-electron chi connectivity index (χ1n) is 7.13. The van der Waals surface area contributed by atoms with Crippen molar-refractivity contribution in [2.24, 2.45) is 0 Å². The molecule has 0 aromatic heterocycles. The molecule has 3 heteroatoms. The fourth-order valence-corrected chi connectivity index (χ4v) is 2.82. The first-order chi connectivity index (χ1) is 9.02. The van der Waals surface area contributed by atoms with Crippen LogP contribution in [0.3, 0.4) is 0 Å². The van der Waals surface area contributed by atoms with Gasteiger partial charge in [-0.25, -0.2) is 0 Å². The van der Waals surface area contributed by atoms with E-state index in [4.69, 9.17) is 4.74 Å². The second kappa shape index (κ2) is 5.93. The van der Waals surface area contributed by atoms with Gasteiger partial charge in [-0.2, -0.15) is 0 Å². The van der Waals surface area contributed by atoms with Gasteiger partial charge >= 0.3 is 0 Å². The number of nitrogens with zero attached hydrogens (tertiary/aromatic N) is 1. The molecule has 1 unspecified atom stereocenters. The molecule has 1 aromatic carbocycles. The lowest BCUT2D eigenvalue weighted by Crippen LogP contribution is -2.43. The van der Waals surface area contributed by atoms with Crippen molar-refractivity contribution < 1.29 is 4.74 Å². The van der Waals surface area contributed by atoms with Crippen LogP contribution in [-0.4, -0.2) is 38.7 Å². The predicted molar refractivity (Wildman–Crippen MR) is 80.1 cm³/mol. The molecule has 0 radical (unpaired) electrons. The van der Waals surface area contributed by atoms with Gasteiger partial charge in [0.25, 0.3) is 0 Å². The van der Waals surface area contributed by atoms with E-state index in [2.05, 4.69) is 50.2 Å². The molecule has 1 saturated heterocycles. The van der Waals surface area contributed by atoms with Gasteiger partial charge < -0.3 is 15.0 Å². The summed E-state index contributed by atoms with van der Waals surface area (Å²) in [5.41, 5.74) is 4.03. The summed E-state index contributed by atoms with van der Waals surface area (Å²) in [4.78, 5) is 2.39. The molecular formula is C16H26N2O. The van der Waals surface area contributed by atoms with Crippen LogP contribution in [0.25, 0.3) is 0 Å². The average molecular weight is 262 g/mol. The summed E-state index contributed by atoms with van der Waals surface area (Å²) >= 11 is 0. The van der Waals surface area contributed by atoms with E-state index in [9.17, 15) is 0 Å². The second-order valence-corrected chi connectivity index (χ2v) is 5.87. The maximum Gasteiger partial charge on any atom is 0.122 e. The van der Waals surface area contributed by atoms with E-state index < -0.39 is 0 Å². The number of benzene rings is 1. The predicted octanol–water partition coefficient (Wildman–Crippen LogP) is 2.70. The molecule has 1 heterocycles. The average Bonchev–Trinajstić information content (AvgIpc) is 2.37. The Hall–Kier alpha value is -1.06. The molecule has 0 aliphatic carbocycles. The second-order valence-electron chi connectivity index (χ2n) is 5.87. The van der Waals surface area contributed by atoms with Crippen molar-refractivity contribution in [3.63, 3.8) is 0 Å². The van der Waals surface area contributed by atoms with Gasteiger partial charge in [0.15, 0.2) is 0 Å². The summed E-state index contributed by atoms with van der Waals surface area (Å²) in [7, 11) is 3.95. The highest BCUT2D eigenvalue weighted by Crippen LogP contribution is 2.32. The Morgan fingerprint density at radius 3 is 2.68 bits per heavy atom. The first kappa shape index (κ1) is 14.4. The van der Waals surface area contributed by atoms with E-state index in [1.54, 1.807) is 7.11 Å². The molecule has 0 saturated carbocycles. The molecule has 2 rings (SSSR count). The van der Waals surface area contributed by atoms with Crippen LogP contribution in [0.4, 0.5) is 0 Å². The van der Waals surface area contributed by atoms with E-state index >= 15 is 0 Å². The van der Waals surface area contributed by atoms with E-state index in [1.165, 1.54) is 16.7 Å². The van der Waals surface area contributed by atoms with Gasteiger partial charge in [-0.05, 0) is 48.7 Å². The van der Waals surface area contributed by atoms with Crippen molar-refractivity contribution in [2.45, 2.75) is 32.7 Å². The summed E-state index contributed by atoms with van der Waals surface area (Å²) in [6.45, 7) is 9.88. The zero-order valence-corrected chi connectivity index (χ0v) is 12.8. The molecule has 0 amide bonds. The van der Waals surface area contributed by atoms with Gasteiger partial charge in [-0.3, -0.25) is 0 Å². The topological polar surface area (TPSA) is 24.5 Å². The summed E-state index contributed by atoms with van der Waals surface area (Å²) in [5, 5.41) is 3.63. The Bertz CT molecular complexity index is 443. The summed E-state index contributed by atoms with van der Waals surface area (Å²) < 4.78 is 5.52. The smallest absolute Gasteiger partial charge is 0.122 e. The summed E-state index contributed by atoms with van der Waals surface area (Å²) in [5.74, 6) is 1.50. The number of hydrogen-bond donors (Lipinski definition) is 1. The molecule has 1 atom stereocenters. The van der Waals surface area contributed by atoms with Crippen molar-refractivity contribution >= 4 is 0 Å². The number of methoxy groups -OCH3 is 1. The molecule has 3 nitrogen and oxygen atoms in total. The van der Waals surface area contributed by atoms with E-state index in [0.717, 1.165) is 25.4 Å². The third kappa shape index (κ3) is 3.10. The number of piperazine rings is 1. The summed E-state index contributed by atoms with van der Waals surface area (Å²) in [6, 6.07) is 4.94. The highest BCUT2D eigenvalue weighted by Gasteiger charge is 2.21. The van der Waals surface area contributed by atoms with Crippen LogP contribution in [0.1, 0.15) is 42.5 Å². The maximum absolute atomic E-state index is 5.52. The van der Waals surface area contributed by atoms with Gasteiger partial charge in [-0.1, -0.05) is 13.8 Å². The molecule has 1 fully saturated rings. The lowest BCUT2D eigenvalue weighted by Gasteiger charge is -2.32. The fraction of sp³-hybridized carbons (Fsp3) is 0.625. The van der Waals surface area contributed by atoms with E-state index in [0.29, 0.717) is 12.0 Å². The minimum atomic E-state index is 0.433. The number of ether oxygens (including phenoxy) is 1. The fourth-order valence-electron chi connectivity index (χ4n) is 2.82. The Morgan fingerprint density at radius 2 is 2.11 bits per heavy atom. The Morgan fingerprint density at radius 1 is 1.37 bits per heavy atom. The van der Waals surface area contributed by atoms with Crippen LogP contribution >= 0.6 is 0 Å². The van der Waals surface area contributed by atoms with Crippen molar-refractivity contribution in [3.05, 3.63) is 28.8 Å². The molecule has 106 valence electrons. The van der Waals surface area contributed by atoms with E-state index in [-0.39, 0.29) is 0 Å². The van der Waals surface area contributed by atoms with Crippen molar-refractivity contribution in [1.82, 2.24) is 10.2 Å². The molecule has 1 aliphatic heterocycles. The number of likely N-dealkylation sites (N-methyl/N-ethyl adjacent to an activating group) is 1. The lowest BCUT2D eigenvalue weighted by molar-refractivity contribution is 0.240. The van der Waals surface area contributed by atoms with Crippen LogP contribution in [-0.2, 0) is 0 Å². The van der Waals surface area contributed by atoms with Gasteiger partial charge in [-0.15, -0.1) is 0 Å². The molecule has 1 aromatic rings. The zero-order chi connectivity index (χ0) is 14.0. The molecule has 1 N–H and O–H groups in total. The molecule has 19 heavy (non-hydrogen) atoms. The van der Waals surface area contributed by atoms with Crippen LogP contribution in [0.15, 0.2) is 12.1 Å². The third-order valence-corrected chi connectivity index (χ3v) is 3.99. The van der Waals surface area contributed by atoms with Crippen molar-refractivity contribution in [2.75, 3.05) is 33.8 Å². The lowest BCUT2D eigenvalue weighted by atomic mass is 9.92. The largest absolute Gasteiger partial charge is 0.496 e. The zero-order valence-electron chi connectivity index (χ0n) is 12.8. The summed E-state index contributed by atoms with van der Waals surface area (Å²) in [6.07, 6.45) is 0. The Balaban J connectivity index is 2.37. The molecule has 0 bridgehead atoms. The van der Waals surface area contributed by atoms with E-state index in [1.807, 2.05) is 0 Å². The van der Waals surface area contributed by atoms with Crippen molar-refractivity contribution in [1.29, 1.82) is 0 Å². The minimum Gasteiger partial charge on any atom is -0.496 e. The highest BCUT2D eigenvalue weighted by molar-refractivity contribution is 5.45. The van der Waals surface area contributed by atoms with Crippen LogP contribution in [0.5, 0.6) is 5.75 Å². The highest BCUT2D eigenvalue weighted by atomic mass is 16.5. The number of rotatable bonds is 3. The quantitative estimate of drug-likeness (QED) is 0.906. The van der Waals surface area contributed by atoms with Crippen LogP contribution in [0, 0.1) is 6.92 Å². The maximum atomic E-state index is 5.52. The third-order valence-electron chi connectivity index (χ3n) is 3.99. The first-order valence-corrected chi connectivity index (χ1v) is 7.13. The van der Waals surface area contributed by atoms with Gasteiger partial charge in [0.1, 0.15) is 5.75 Å². The minimum absolute atomic E-state index is 0.433. The molecule has 0 spiro atoms. The monoisotopic (exact) mass is 262 g/mol. The SMILES string of the molecule is COc1cc(C)c(C2CN(C)CCN2)cc1C(C)C.